The van der Waals surface area contributed by atoms with E-state index in [1.54, 1.807) is 37.3 Å². The van der Waals surface area contributed by atoms with Gasteiger partial charge in [-0.1, -0.05) is 23.7 Å². The van der Waals surface area contributed by atoms with E-state index in [4.69, 9.17) is 27.9 Å². The number of hydrogen-bond donors (Lipinski definition) is 1. The fraction of sp³-hybridized carbons (Fsp3) is 0.226. The number of benzene rings is 2. The molecule has 2 aromatic heterocycles. The summed E-state index contributed by atoms with van der Waals surface area (Å²) in [6, 6.07) is 14.4. The summed E-state index contributed by atoms with van der Waals surface area (Å²) >= 11 is 6.48. The maximum atomic E-state index is 13.0. The lowest BCUT2D eigenvalue weighted by molar-refractivity contribution is -0.114. The minimum Gasteiger partial charge on any atom is -0.494 e. The molecule has 0 radical (unpaired) electrons. The van der Waals surface area contributed by atoms with Gasteiger partial charge in [0.2, 0.25) is 0 Å². The van der Waals surface area contributed by atoms with E-state index in [0.717, 1.165) is 6.08 Å². The lowest BCUT2D eigenvalue weighted by Gasteiger charge is -2.16. The summed E-state index contributed by atoms with van der Waals surface area (Å²) in [5.74, 6) is -0.164. The number of allylic oxidation sites excluding steroid dienone is 1. The fourth-order valence-corrected chi connectivity index (χ4v) is 3.93. The van der Waals surface area contributed by atoms with E-state index < -0.39 is 24.9 Å². The quantitative estimate of drug-likeness (QED) is 0.207. The van der Waals surface area contributed by atoms with Crippen molar-refractivity contribution in [3.05, 3.63) is 94.9 Å². The Labute approximate surface area is 245 Å². The normalized spacial score (nSPS) is 13.9. The number of carbonyl (C=O) groups is 1. The Morgan fingerprint density at radius 3 is 2.75 bits per heavy atom. The van der Waals surface area contributed by atoms with Crippen LogP contribution in [0.15, 0.2) is 73.1 Å². The highest BCUT2D eigenvalue weighted by molar-refractivity contribution is 6.32. The Balaban J connectivity index is 1.70. The Morgan fingerprint density at radius 2 is 2.05 bits per heavy atom. The Hall–Kier alpha value is -4.45. The highest BCUT2D eigenvalue weighted by Gasteiger charge is 2.16. The molecule has 2 heterocycles. The molecule has 204 valence electrons. The number of nitrogens with zero attached hydrogens (tertiary/aromatic N) is 4. The number of nitrogens with one attached hydrogen (secondary N) is 1. The van der Waals surface area contributed by atoms with Crippen molar-refractivity contribution < 1.29 is 21.1 Å². The van der Waals surface area contributed by atoms with E-state index in [1.165, 1.54) is 49.6 Å². The molecule has 40 heavy (non-hydrogen) atoms. The molecule has 4 rings (SSSR count). The molecule has 0 unspecified atom stereocenters. The van der Waals surface area contributed by atoms with Crippen LogP contribution in [-0.4, -0.2) is 47.9 Å². The van der Waals surface area contributed by atoms with Crippen LogP contribution in [0.2, 0.25) is 5.02 Å². The van der Waals surface area contributed by atoms with E-state index in [1.807, 2.05) is 0 Å². The minimum absolute atomic E-state index is 0.0790. The van der Waals surface area contributed by atoms with Gasteiger partial charge in [0.25, 0.3) is 0 Å². The molecule has 0 aliphatic heterocycles. The van der Waals surface area contributed by atoms with Gasteiger partial charge in [0.1, 0.15) is 24.1 Å². The number of likely N-dealkylation sites (N-methyl/N-ethyl adjacent to an activating group) is 1. The smallest absolute Gasteiger partial charge is 0.159 e. The predicted octanol–water partition coefficient (Wildman–Crippen LogP) is 6.11. The molecule has 2 aromatic carbocycles. The highest BCUT2D eigenvalue weighted by Crippen LogP contribution is 2.36. The molecular weight excluding hydrogens is 526 g/mol. The molecule has 0 saturated heterocycles. The van der Waals surface area contributed by atoms with Crippen LogP contribution in [0.3, 0.4) is 0 Å². The average molecular weight is 561 g/mol. The van der Waals surface area contributed by atoms with Crippen molar-refractivity contribution in [2.45, 2.75) is 19.9 Å². The van der Waals surface area contributed by atoms with Gasteiger partial charge in [-0.25, -0.2) is 0 Å². The van der Waals surface area contributed by atoms with Crippen LogP contribution in [0.25, 0.3) is 10.9 Å². The molecule has 0 fully saturated rings. The van der Waals surface area contributed by atoms with E-state index in [-0.39, 0.29) is 28.5 Å². The van der Waals surface area contributed by atoms with E-state index in [0.29, 0.717) is 40.2 Å². The van der Waals surface area contributed by atoms with Gasteiger partial charge in [0.15, 0.2) is 5.78 Å². The lowest BCUT2D eigenvalue weighted by Crippen LogP contribution is -2.11. The van der Waals surface area contributed by atoms with Gasteiger partial charge < -0.3 is 19.7 Å². The van der Waals surface area contributed by atoms with Crippen molar-refractivity contribution in [1.29, 1.82) is 5.26 Å². The highest BCUT2D eigenvalue weighted by atomic mass is 35.5. The number of rotatable bonds is 12. The van der Waals surface area contributed by atoms with Crippen LogP contribution in [-0.2, 0) is 17.8 Å². The van der Waals surface area contributed by atoms with Crippen molar-refractivity contribution in [2.75, 3.05) is 32.5 Å². The van der Waals surface area contributed by atoms with Gasteiger partial charge in [-0.3, -0.25) is 14.8 Å². The summed E-state index contributed by atoms with van der Waals surface area (Å²) in [7, 11) is 3.01. The molecule has 0 amide bonds. The molecule has 9 heteroatoms. The summed E-state index contributed by atoms with van der Waals surface area (Å²) in [4.78, 5) is 22.7. The molecule has 0 aliphatic rings. The number of carbonyl (C=O) groups excluding carboxylic acids is 1. The number of ketones is 1. The van der Waals surface area contributed by atoms with E-state index >= 15 is 0 Å². The number of hydrogen-bond acceptors (Lipinski definition) is 8. The third-order valence-corrected chi connectivity index (χ3v) is 5.80. The lowest BCUT2D eigenvalue weighted by atomic mass is 10.0. The number of pyridine rings is 2. The zero-order valence-electron chi connectivity index (χ0n) is 27.2. The molecule has 0 bridgehead atoms. The average Bonchev–Trinajstić information content (AvgIpc) is 2.99. The first kappa shape index (κ1) is 22.4. The molecule has 1 N–H and O–H groups in total. The van der Waals surface area contributed by atoms with Gasteiger partial charge in [0, 0.05) is 50.8 Å². The standard InChI is InChI=1S/C31H30ClN5O3/c1-4-39-30-17-28-26(15-21(30)14-25(38)9-7-13-37(2)3)31(22(18-33)19-35-28)36-23-10-11-29(27(32)16-23)40-20-24-8-5-6-12-34-24/h5-12,15-17,19H,4,13-14,20H2,1-3H3,(H,35,36)/b9-7+/i9D,13D2,20D2. The molecule has 0 spiro atoms. The summed E-state index contributed by atoms with van der Waals surface area (Å²) < 4.78 is 52.1. The third kappa shape index (κ3) is 7.35. The largest absolute Gasteiger partial charge is 0.494 e. The molecule has 4 aromatic rings. The van der Waals surface area contributed by atoms with Crippen LogP contribution in [0.5, 0.6) is 11.5 Å². The van der Waals surface area contributed by atoms with Gasteiger partial charge >= 0.3 is 0 Å². The van der Waals surface area contributed by atoms with Crippen molar-refractivity contribution in [1.82, 2.24) is 14.9 Å². The molecular formula is C31H30ClN5O3. The first-order valence-electron chi connectivity index (χ1n) is 14.8. The number of ether oxygens (including phenoxy) is 2. The maximum absolute atomic E-state index is 13.0. The number of halogens is 1. The van der Waals surface area contributed by atoms with Crippen molar-refractivity contribution in [3.63, 3.8) is 0 Å². The van der Waals surface area contributed by atoms with Crippen LogP contribution in [0, 0.1) is 11.3 Å². The molecule has 0 saturated carbocycles. The van der Waals surface area contributed by atoms with Crippen LogP contribution in [0.4, 0.5) is 11.4 Å². The third-order valence-electron chi connectivity index (χ3n) is 5.51. The van der Waals surface area contributed by atoms with Crippen LogP contribution >= 0.6 is 11.6 Å². The summed E-state index contributed by atoms with van der Waals surface area (Å²) in [5, 5.41) is 13.7. The van der Waals surface area contributed by atoms with Gasteiger partial charge in [-0.05, 0) is 63.5 Å². The van der Waals surface area contributed by atoms with Gasteiger partial charge in [0.05, 0.1) is 38.2 Å². The zero-order valence-corrected chi connectivity index (χ0v) is 22.9. The summed E-state index contributed by atoms with van der Waals surface area (Å²) in [6.07, 6.45) is 3.57. The van der Waals surface area contributed by atoms with E-state index in [9.17, 15) is 10.1 Å². The predicted molar refractivity (Wildman–Crippen MR) is 157 cm³/mol. The first-order valence-corrected chi connectivity index (χ1v) is 12.7. The Morgan fingerprint density at radius 1 is 1.20 bits per heavy atom. The second-order valence-corrected chi connectivity index (χ2v) is 9.08. The number of fused-ring (bicyclic) bond motifs is 1. The summed E-state index contributed by atoms with van der Waals surface area (Å²) in [6.45, 7) is -2.16. The first-order chi connectivity index (χ1) is 21.3. The molecule has 0 aliphatic carbocycles. The van der Waals surface area contributed by atoms with Crippen molar-refractivity contribution >= 4 is 39.7 Å². The zero-order chi connectivity index (χ0) is 32.9. The second kappa shape index (κ2) is 13.6. The Bertz CT molecular complexity index is 1800. The monoisotopic (exact) mass is 560 g/mol. The topological polar surface area (TPSA) is 100 Å². The summed E-state index contributed by atoms with van der Waals surface area (Å²) in [5.41, 5.74) is 2.01. The van der Waals surface area contributed by atoms with Crippen LogP contribution < -0.4 is 14.8 Å². The maximum Gasteiger partial charge on any atom is 0.159 e. The second-order valence-electron chi connectivity index (χ2n) is 8.67. The number of aromatic nitrogens is 2. The SMILES string of the molecule is [2H]/C(=C\C([2H])([2H])N(C)C)C(=O)Cc1cc2c(Nc3ccc(OC([2H])([2H])c4ccccn4)c(Cl)c3)c(C#N)cnc2cc1OCC. The van der Waals surface area contributed by atoms with E-state index in [2.05, 4.69) is 21.4 Å². The fourth-order valence-electron chi connectivity index (χ4n) is 3.71. The minimum atomic E-state index is -2.25. The van der Waals surface area contributed by atoms with Crippen LogP contribution in [0.1, 0.15) is 30.6 Å². The van der Waals surface area contributed by atoms with Gasteiger partial charge in [-0.2, -0.15) is 5.26 Å². The molecule has 8 nitrogen and oxygen atoms in total. The van der Waals surface area contributed by atoms with Crippen molar-refractivity contribution in [2.24, 2.45) is 0 Å². The Kier molecular flexibility index (Phi) is 7.59. The van der Waals surface area contributed by atoms with Gasteiger partial charge in [-0.15, -0.1) is 0 Å². The molecule has 0 atom stereocenters. The van der Waals surface area contributed by atoms with Crippen molar-refractivity contribution in [3.8, 4) is 17.6 Å². The number of nitriles is 1. The number of anilines is 2.